The summed E-state index contributed by atoms with van der Waals surface area (Å²) in [5.74, 6) is 0.158. The van der Waals surface area contributed by atoms with Crippen LogP contribution in [-0.4, -0.2) is 38.6 Å². The molecule has 1 heterocycles. The number of aliphatic hydroxyl groups is 1. The lowest BCUT2D eigenvalue weighted by Gasteiger charge is -2.31. The lowest BCUT2D eigenvalue weighted by Crippen LogP contribution is -2.48. The van der Waals surface area contributed by atoms with Crippen LogP contribution in [0.5, 0.6) is 0 Å². The zero-order valence-electron chi connectivity index (χ0n) is 14.4. The quantitative estimate of drug-likeness (QED) is 0.776. The van der Waals surface area contributed by atoms with Crippen molar-refractivity contribution in [3.05, 3.63) is 42.5 Å². The van der Waals surface area contributed by atoms with Gasteiger partial charge in [0.05, 0.1) is 11.7 Å². The van der Waals surface area contributed by atoms with E-state index in [-0.39, 0.29) is 30.6 Å². The van der Waals surface area contributed by atoms with Crippen molar-refractivity contribution in [2.24, 2.45) is 5.92 Å². The van der Waals surface area contributed by atoms with E-state index in [2.05, 4.69) is 20.7 Å². The predicted molar refractivity (Wildman–Crippen MR) is 94.3 cm³/mol. The standard InChI is InChI=1S/C18H25N5O2/c1-13(14-6-4-7-16(9-14)23-12-19-11-20-23)21-18(25)22-17-8-3-2-5-15(17)10-24/h4,6-7,9,11-13,15,17,24H,2-3,5,8,10H2,1H3,(H2,21,22,25)/t13-,15-,17-/m0/s1. The highest BCUT2D eigenvalue weighted by Crippen LogP contribution is 2.24. The van der Waals surface area contributed by atoms with Crippen molar-refractivity contribution < 1.29 is 9.90 Å². The van der Waals surface area contributed by atoms with Crippen molar-refractivity contribution in [2.45, 2.75) is 44.7 Å². The Morgan fingerprint density at radius 3 is 3.00 bits per heavy atom. The number of carbonyl (C=O) groups is 1. The molecule has 2 amide bonds. The third-order valence-electron chi connectivity index (χ3n) is 4.86. The summed E-state index contributed by atoms with van der Waals surface area (Å²) in [6, 6.07) is 7.56. The van der Waals surface area contributed by atoms with Crippen LogP contribution in [0.1, 0.15) is 44.2 Å². The molecular formula is C18H25N5O2. The number of urea groups is 1. The molecule has 0 aliphatic heterocycles. The summed E-state index contributed by atoms with van der Waals surface area (Å²) in [5, 5.41) is 19.6. The minimum absolute atomic E-state index is 0.0485. The smallest absolute Gasteiger partial charge is 0.315 e. The van der Waals surface area contributed by atoms with E-state index in [9.17, 15) is 9.90 Å². The van der Waals surface area contributed by atoms with Crippen LogP contribution in [0.2, 0.25) is 0 Å². The molecule has 3 atom stereocenters. The number of hydrogen-bond donors (Lipinski definition) is 3. The van der Waals surface area contributed by atoms with Crippen molar-refractivity contribution >= 4 is 6.03 Å². The number of rotatable bonds is 5. The third-order valence-corrected chi connectivity index (χ3v) is 4.86. The van der Waals surface area contributed by atoms with Crippen LogP contribution in [0.4, 0.5) is 4.79 Å². The van der Waals surface area contributed by atoms with Gasteiger partial charge in [0.1, 0.15) is 12.7 Å². The highest BCUT2D eigenvalue weighted by atomic mass is 16.3. The lowest BCUT2D eigenvalue weighted by atomic mass is 9.85. The summed E-state index contributed by atoms with van der Waals surface area (Å²) in [6.45, 7) is 2.07. The average molecular weight is 343 g/mol. The summed E-state index contributed by atoms with van der Waals surface area (Å²) < 4.78 is 1.68. The summed E-state index contributed by atoms with van der Waals surface area (Å²) >= 11 is 0. The van der Waals surface area contributed by atoms with Crippen LogP contribution in [0.25, 0.3) is 5.69 Å². The normalized spacial score (nSPS) is 21.5. The zero-order valence-corrected chi connectivity index (χ0v) is 14.4. The minimum atomic E-state index is -0.191. The fraction of sp³-hybridized carbons (Fsp3) is 0.500. The Morgan fingerprint density at radius 2 is 2.24 bits per heavy atom. The van der Waals surface area contributed by atoms with E-state index in [1.807, 2.05) is 31.2 Å². The van der Waals surface area contributed by atoms with Gasteiger partial charge in [-0.3, -0.25) is 0 Å². The Hall–Kier alpha value is -2.41. The molecule has 134 valence electrons. The Kier molecular flexibility index (Phi) is 5.65. The number of nitrogens with one attached hydrogen (secondary N) is 2. The van der Waals surface area contributed by atoms with E-state index in [1.54, 1.807) is 11.0 Å². The van der Waals surface area contributed by atoms with E-state index in [4.69, 9.17) is 0 Å². The van der Waals surface area contributed by atoms with Crippen LogP contribution >= 0.6 is 0 Å². The fourth-order valence-electron chi connectivity index (χ4n) is 3.38. The predicted octanol–water partition coefficient (Wildman–Crippen LogP) is 2.18. The Morgan fingerprint density at radius 1 is 1.40 bits per heavy atom. The molecule has 3 N–H and O–H groups in total. The van der Waals surface area contributed by atoms with Gasteiger partial charge in [0.2, 0.25) is 0 Å². The fourth-order valence-corrected chi connectivity index (χ4v) is 3.38. The van der Waals surface area contributed by atoms with Gasteiger partial charge in [0.25, 0.3) is 0 Å². The Balaban J connectivity index is 1.61. The van der Waals surface area contributed by atoms with E-state index in [1.165, 1.54) is 6.33 Å². The van der Waals surface area contributed by atoms with Crippen LogP contribution in [0, 0.1) is 5.92 Å². The molecule has 7 nitrogen and oxygen atoms in total. The largest absolute Gasteiger partial charge is 0.396 e. The van der Waals surface area contributed by atoms with Crippen LogP contribution in [0.15, 0.2) is 36.9 Å². The zero-order chi connectivity index (χ0) is 17.6. The molecule has 25 heavy (non-hydrogen) atoms. The number of aliphatic hydroxyl groups excluding tert-OH is 1. The Labute approximate surface area is 147 Å². The molecule has 1 saturated carbocycles. The van der Waals surface area contributed by atoms with E-state index in [0.717, 1.165) is 36.9 Å². The van der Waals surface area contributed by atoms with Crippen molar-refractivity contribution in [3.63, 3.8) is 0 Å². The molecule has 7 heteroatoms. The molecular weight excluding hydrogens is 318 g/mol. The minimum Gasteiger partial charge on any atom is -0.396 e. The number of amides is 2. The molecule has 0 radical (unpaired) electrons. The molecule has 0 saturated heterocycles. The summed E-state index contributed by atoms with van der Waals surface area (Å²) in [5.41, 5.74) is 1.89. The number of carbonyl (C=O) groups excluding carboxylic acids is 1. The lowest BCUT2D eigenvalue weighted by molar-refractivity contribution is 0.153. The highest BCUT2D eigenvalue weighted by Gasteiger charge is 2.26. The number of hydrogen-bond acceptors (Lipinski definition) is 4. The average Bonchev–Trinajstić information content (AvgIpc) is 3.17. The maximum absolute atomic E-state index is 12.3. The highest BCUT2D eigenvalue weighted by molar-refractivity contribution is 5.74. The second kappa shape index (κ2) is 8.11. The molecule has 0 spiro atoms. The number of nitrogens with zero attached hydrogens (tertiary/aromatic N) is 3. The van der Waals surface area contributed by atoms with Crippen molar-refractivity contribution in [3.8, 4) is 5.69 Å². The monoisotopic (exact) mass is 343 g/mol. The van der Waals surface area contributed by atoms with Crippen molar-refractivity contribution in [1.29, 1.82) is 0 Å². The van der Waals surface area contributed by atoms with Crippen LogP contribution in [0.3, 0.4) is 0 Å². The summed E-state index contributed by atoms with van der Waals surface area (Å²) in [4.78, 5) is 16.3. The SMILES string of the molecule is C[C@H](NC(=O)N[C@H]1CCCC[C@H]1CO)c1cccc(-n2cncn2)c1. The van der Waals surface area contributed by atoms with E-state index >= 15 is 0 Å². The first-order valence-corrected chi connectivity index (χ1v) is 8.80. The molecule has 1 aromatic heterocycles. The van der Waals surface area contributed by atoms with Gasteiger partial charge in [-0.15, -0.1) is 0 Å². The van der Waals surface area contributed by atoms with Gasteiger partial charge < -0.3 is 15.7 Å². The first-order chi connectivity index (χ1) is 12.2. The molecule has 1 aliphatic rings. The number of aromatic nitrogens is 3. The Bertz CT molecular complexity index is 689. The van der Waals surface area contributed by atoms with Gasteiger partial charge in [-0.2, -0.15) is 5.10 Å². The van der Waals surface area contributed by atoms with E-state index in [0.29, 0.717) is 0 Å². The topological polar surface area (TPSA) is 92.1 Å². The molecule has 2 aromatic rings. The maximum Gasteiger partial charge on any atom is 0.315 e. The number of benzene rings is 1. The molecule has 3 rings (SSSR count). The van der Waals surface area contributed by atoms with Gasteiger partial charge in [0, 0.05) is 18.6 Å². The molecule has 0 unspecified atom stereocenters. The van der Waals surface area contributed by atoms with Crippen molar-refractivity contribution in [1.82, 2.24) is 25.4 Å². The summed E-state index contributed by atoms with van der Waals surface area (Å²) in [6.07, 6.45) is 7.24. The van der Waals surface area contributed by atoms with Crippen LogP contribution < -0.4 is 10.6 Å². The van der Waals surface area contributed by atoms with Crippen LogP contribution in [-0.2, 0) is 0 Å². The van der Waals surface area contributed by atoms with Gasteiger partial charge >= 0.3 is 6.03 Å². The van der Waals surface area contributed by atoms with Crippen molar-refractivity contribution in [2.75, 3.05) is 6.61 Å². The molecule has 1 aromatic carbocycles. The van der Waals surface area contributed by atoms with Gasteiger partial charge in [-0.1, -0.05) is 25.0 Å². The van der Waals surface area contributed by atoms with Gasteiger partial charge in [-0.05, 0) is 37.5 Å². The second-order valence-corrected chi connectivity index (χ2v) is 6.61. The third kappa shape index (κ3) is 4.36. The second-order valence-electron chi connectivity index (χ2n) is 6.61. The summed E-state index contributed by atoms with van der Waals surface area (Å²) in [7, 11) is 0. The maximum atomic E-state index is 12.3. The molecule has 0 bridgehead atoms. The van der Waals surface area contributed by atoms with Gasteiger partial charge in [-0.25, -0.2) is 14.5 Å². The van der Waals surface area contributed by atoms with E-state index < -0.39 is 0 Å². The molecule has 1 aliphatic carbocycles. The first kappa shape index (κ1) is 17.4. The first-order valence-electron chi connectivity index (χ1n) is 8.80. The molecule has 1 fully saturated rings. The van der Waals surface area contributed by atoms with Gasteiger partial charge in [0.15, 0.2) is 0 Å².